The topological polar surface area (TPSA) is 84.5 Å². The highest BCUT2D eigenvalue weighted by molar-refractivity contribution is 8.01. The van der Waals surface area contributed by atoms with Gasteiger partial charge in [0.1, 0.15) is 0 Å². The van der Waals surface area contributed by atoms with Gasteiger partial charge in [0.05, 0.1) is 17.4 Å². The lowest BCUT2D eigenvalue weighted by Crippen LogP contribution is -2.38. The number of amides is 2. The molecule has 7 heteroatoms. The summed E-state index contributed by atoms with van der Waals surface area (Å²) < 4.78 is 5.14. The van der Waals surface area contributed by atoms with E-state index in [2.05, 4.69) is 10.6 Å². The van der Waals surface area contributed by atoms with Crippen LogP contribution in [0, 0.1) is 0 Å². The molecule has 0 radical (unpaired) electrons. The number of rotatable bonds is 5. The second-order valence-electron chi connectivity index (χ2n) is 5.71. The van der Waals surface area contributed by atoms with Crippen LogP contribution in [-0.4, -0.2) is 35.2 Å². The number of thioether (sulfide) groups is 1. The number of esters is 1. The number of para-hydroxylation sites is 1. The van der Waals surface area contributed by atoms with Gasteiger partial charge in [0.15, 0.2) is 6.10 Å². The molecule has 1 aromatic carbocycles. The average Bonchev–Trinajstić information content (AvgIpc) is 3.31. The SMILES string of the molecule is C[C@@H](OC(=O)C[C@H]1Sc2ccccc2NC1=O)C(=O)NC1CC1. The van der Waals surface area contributed by atoms with Gasteiger partial charge in [0.2, 0.25) is 5.91 Å². The summed E-state index contributed by atoms with van der Waals surface area (Å²) in [4.78, 5) is 36.7. The molecule has 2 atom stereocenters. The van der Waals surface area contributed by atoms with Crippen molar-refractivity contribution in [3.63, 3.8) is 0 Å². The van der Waals surface area contributed by atoms with E-state index < -0.39 is 17.3 Å². The predicted molar refractivity (Wildman–Crippen MR) is 86.1 cm³/mol. The lowest BCUT2D eigenvalue weighted by atomic mass is 10.2. The standard InChI is InChI=1S/C16H18N2O4S/c1-9(15(20)17-10-6-7-10)22-14(19)8-13-16(21)18-11-4-2-3-5-12(11)23-13/h2-5,9-10,13H,6-8H2,1H3,(H,17,20)(H,18,21)/t9-,13-/m1/s1. The summed E-state index contributed by atoms with van der Waals surface area (Å²) in [5.74, 6) is -1.05. The maximum atomic E-state index is 12.0. The minimum absolute atomic E-state index is 0.0636. The van der Waals surface area contributed by atoms with Gasteiger partial charge in [-0.25, -0.2) is 0 Å². The predicted octanol–water partition coefficient (Wildman–Crippen LogP) is 1.70. The van der Waals surface area contributed by atoms with Crippen LogP contribution in [0.1, 0.15) is 26.2 Å². The maximum Gasteiger partial charge on any atom is 0.308 e. The zero-order valence-electron chi connectivity index (χ0n) is 12.7. The van der Waals surface area contributed by atoms with Crippen molar-refractivity contribution in [3.05, 3.63) is 24.3 Å². The summed E-state index contributed by atoms with van der Waals surface area (Å²) in [6.45, 7) is 1.54. The van der Waals surface area contributed by atoms with Gasteiger partial charge in [-0.15, -0.1) is 11.8 Å². The molecule has 6 nitrogen and oxygen atoms in total. The van der Waals surface area contributed by atoms with Crippen LogP contribution in [0.3, 0.4) is 0 Å². The van der Waals surface area contributed by atoms with Gasteiger partial charge in [-0.1, -0.05) is 12.1 Å². The van der Waals surface area contributed by atoms with Gasteiger partial charge in [-0.3, -0.25) is 14.4 Å². The van der Waals surface area contributed by atoms with Crippen LogP contribution in [0.15, 0.2) is 29.2 Å². The third-order valence-corrected chi connectivity index (χ3v) is 4.94. The van der Waals surface area contributed by atoms with Crippen molar-refractivity contribution >= 4 is 35.2 Å². The Morgan fingerprint density at radius 1 is 1.39 bits per heavy atom. The molecular formula is C16H18N2O4S. The summed E-state index contributed by atoms with van der Waals surface area (Å²) in [7, 11) is 0. The fraction of sp³-hybridized carbons (Fsp3) is 0.438. The molecule has 0 bridgehead atoms. The fourth-order valence-corrected chi connectivity index (χ4v) is 3.32. The zero-order chi connectivity index (χ0) is 16.4. The number of anilines is 1. The Morgan fingerprint density at radius 2 is 2.13 bits per heavy atom. The molecular weight excluding hydrogens is 316 g/mol. The number of benzene rings is 1. The summed E-state index contributed by atoms with van der Waals surface area (Å²) in [5.41, 5.74) is 0.754. The van der Waals surface area contributed by atoms with Crippen molar-refractivity contribution in [1.29, 1.82) is 0 Å². The van der Waals surface area contributed by atoms with E-state index in [4.69, 9.17) is 4.74 Å². The summed E-state index contributed by atoms with van der Waals surface area (Å²) in [6.07, 6.45) is 1.05. The van der Waals surface area contributed by atoms with E-state index in [-0.39, 0.29) is 24.3 Å². The molecule has 0 aromatic heterocycles. The van der Waals surface area contributed by atoms with Gasteiger partial charge < -0.3 is 15.4 Å². The summed E-state index contributed by atoms with van der Waals surface area (Å²) in [5, 5.41) is 5.02. The Bertz CT molecular complexity index is 645. The number of hydrogen-bond donors (Lipinski definition) is 2. The quantitative estimate of drug-likeness (QED) is 0.801. The highest BCUT2D eigenvalue weighted by Crippen LogP contribution is 2.36. The first-order chi connectivity index (χ1) is 11.0. The summed E-state index contributed by atoms with van der Waals surface area (Å²) in [6, 6.07) is 7.65. The van der Waals surface area contributed by atoms with Crippen LogP contribution in [0.25, 0.3) is 0 Å². The van der Waals surface area contributed by atoms with Crippen molar-refractivity contribution in [3.8, 4) is 0 Å². The lowest BCUT2D eigenvalue weighted by Gasteiger charge is -2.23. The van der Waals surface area contributed by atoms with Crippen molar-refractivity contribution < 1.29 is 19.1 Å². The Morgan fingerprint density at radius 3 is 2.87 bits per heavy atom. The molecule has 0 spiro atoms. The Kier molecular flexibility index (Phi) is 4.56. The molecule has 1 fully saturated rings. The van der Waals surface area contributed by atoms with Gasteiger partial charge >= 0.3 is 5.97 Å². The molecule has 2 amide bonds. The second-order valence-corrected chi connectivity index (χ2v) is 6.96. The second kappa shape index (κ2) is 6.62. The monoisotopic (exact) mass is 334 g/mol. The largest absolute Gasteiger partial charge is 0.453 e. The van der Waals surface area contributed by atoms with E-state index in [1.54, 1.807) is 6.92 Å². The fourth-order valence-electron chi connectivity index (χ4n) is 2.22. The van der Waals surface area contributed by atoms with Gasteiger partial charge in [-0.05, 0) is 31.9 Å². The molecule has 0 saturated heterocycles. The molecule has 122 valence electrons. The van der Waals surface area contributed by atoms with E-state index in [0.29, 0.717) is 0 Å². The first-order valence-electron chi connectivity index (χ1n) is 7.59. The number of ether oxygens (including phenoxy) is 1. The third kappa shape index (κ3) is 4.04. The maximum absolute atomic E-state index is 12.0. The smallest absolute Gasteiger partial charge is 0.308 e. The molecule has 3 rings (SSSR count). The Balaban J connectivity index is 1.53. The molecule has 2 aliphatic rings. The molecule has 1 heterocycles. The van der Waals surface area contributed by atoms with E-state index in [0.717, 1.165) is 23.4 Å². The van der Waals surface area contributed by atoms with E-state index in [9.17, 15) is 14.4 Å². The normalized spacial score (nSPS) is 20.9. The molecule has 1 aliphatic carbocycles. The highest BCUT2D eigenvalue weighted by atomic mass is 32.2. The number of carbonyl (C=O) groups is 3. The highest BCUT2D eigenvalue weighted by Gasteiger charge is 2.31. The van der Waals surface area contributed by atoms with Crippen LogP contribution < -0.4 is 10.6 Å². The van der Waals surface area contributed by atoms with Crippen LogP contribution >= 0.6 is 11.8 Å². The molecule has 2 N–H and O–H groups in total. The number of nitrogens with one attached hydrogen (secondary N) is 2. The Hall–Kier alpha value is -2.02. The number of fused-ring (bicyclic) bond motifs is 1. The first kappa shape index (κ1) is 15.9. The van der Waals surface area contributed by atoms with E-state index in [1.165, 1.54) is 11.8 Å². The molecule has 23 heavy (non-hydrogen) atoms. The van der Waals surface area contributed by atoms with Crippen molar-refractivity contribution in [2.24, 2.45) is 0 Å². The third-order valence-electron chi connectivity index (χ3n) is 3.66. The van der Waals surface area contributed by atoms with Crippen LogP contribution in [0.5, 0.6) is 0 Å². The molecule has 1 saturated carbocycles. The Labute approximate surface area is 138 Å². The molecule has 1 aliphatic heterocycles. The van der Waals surface area contributed by atoms with Gasteiger partial charge in [-0.2, -0.15) is 0 Å². The number of hydrogen-bond acceptors (Lipinski definition) is 5. The van der Waals surface area contributed by atoms with Gasteiger partial charge in [0, 0.05) is 10.9 Å². The first-order valence-corrected chi connectivity index (χ1v) is 8.47. The molecule has 0 unspecified atom stereocenters. The van der Waals surface area contributed by atoms with Gasteiger partial charge in [0.25, 0.3) is 5.91 Å². The van der Waals surface area contributed by atoms with Crippen molar-refractivity contribution in [2.75, 3.05) is 5.32 Å². The van der Waals surface area contributed by atoms with Crippen LogP contribution in [-0.2, 0) is 19.1 Å². The van der Waals surface area contributed by atoms with Crippen molar-refractivity contribution in [1.82, 2.24) is 5.32 Å². The lowest BCUT2D eigenvalue weighted by molar-refractivity contribution is -0.155. The minimum Gasteiger partial charge on any atom is -0.453 e. The van der Waals surface area contributed by atoms with E-state index in [1.807, 2.05) is 24.3 Å². The minimum atomic E-state index is -0.841. The average molecular weight is 334 g/mol. The molecule has 1 aromatic rings. The number of carbonyl (C=O) groups excluding carboxylic acids is 3. The van der Waals surface area contributed by atoms with Crippen LogP contribution in [0.4, 0.5) is 5.69 Å². The van der Waals surface area contributed by atoms with E-state index >= 15 is 0 Å². The summed E-state index contributed by atoms with van der Waals surface area (Å²) >= 11 is 1.34. The van der Waals surface area contributed by atoms with Crippen LogP contribution in [0.2, 0.25) is 0 Å². The zero-order valence-corrected chi connectivity index (χ0v) is 13.5. The van der Waals surface area contributed by atoms with Crippen molar-refractivity contribution in [2.45, 2.75) is 48.5 Å².